The van der Waals surface area contributed by atoms with Crippen LogP contribution in [0.25, 0.3) is 0 Å². The van der Waals surface area contributed by atoms with Crippen LogP contribution in [0.15, 0.2) is 84.9 Å². The number of nitro groups is 1. The van der Waals surface area contributed by atoms with Crippen LogP contribution < -0.4 is 10.6 Å². The van der Waals surface area contributed by atoms with E-state index in [1.54, 1.807) is 6.92 Å². The Morgan fingerprint density at radius 1 is 0.833 bits per heavy atom. The first-order chi connectivity index (χ1) is 14.5. The summed E-state index contributed by atoms with van der Waals surface area (Å²) in [7, 11) is 0. The van der Waals surface area contributed by atoms with Crippen LogP contribution in [0.3, 0.4) is 0 Å². The molecule has 0 bridgehead atoms. The SMILES string of the molecule is C[C@H](NC(=O)c1cccc([N+](=O)[O-])c1)C(=O)NC(c1ccccc1)c1ccccc1. The van der Waals surface area contributed by atoms with Crippen molar-refractivity contribution in [2.45, 2.75) is 19.0 Å². The van der Waals surface area contributed by atoms with Crippen LogP contribution in [0.4, 0.5) is 5.69 Å². The molecular weight excluding hydrogens is 382 g/mol. The maximum absolute atomic E-state index is 12.8. The predicted molar refractivity (Wildman–Crippen MR) is 113 cm³/mol. The standard InChI is InChI=1S/C23H21N3O4/c1-16(24-23(28)19-13-8-14-20(15-19)26(29)30)22(27)25-21(17-9-4-2-5-10-17)18-11-6-3-7-12-18/h2-16,21H,1H3,(H,24,28)(H,25,27)/t16-/m0/s1. The van der Waals surface area contributed by atoms with E-state index in [0.717, 1.165) is 11.1 Å². The molecule has 7 nitrogen and oxygen atoms in total. The number of hydrogen-bond donors (Lipinski definition) is 2. The van der Waals surface area contributed by atoms with Crippen molar-refractivity contribution < 1.29 is 14.5 Å². The van der Waals surface area contributed by atoms with E-state index in [4.69, 9.17) is 0 Å². The van der Waals surface area contributed by atoms with Gasteiger partial charge in [0.2, 0.25) is 5.91 Å². The summed E-state index contributed by atoms with van der Waals surface area (Å²) in [5.74, 6) is -0.927. The highest BCUT2D eigenvalue weighted by atomic mass is 16.6. The lowest BCUT2D eigenvalue weighted by Crippen LogP contribution is -2.46. The molecule has 30 heavy (non-hydrogen) atoms. The van der Waals surface area contributed by atoms with Crippen molar-refractivity contribution in [1.29, 1.82) is 0 Å². The molecule has 0 unspecified atom stereocenters. The molecule has 2 N–H and O–H groups in total. The van der Waals surface area contributed by atoms with Gasteiger partial charge in [-0.05, 0) is 24.1 Å². The van der Waals surface area contributed by atoms with Crippen molar-refractivity contribution in [2.75, 3.05) is 0 Å². The van der Waals surface area contributed by atoms with Gasteiger partial charge in [0, 0.05) is 17.7 Å². The number of benzene rings is 3. The summed E-state index contributed by atoms with van der Waals surface area (Å²) in [6, 6.07) is 23.2. The predicted octanol–water partition coefficient (Wildman–Crippen LogP) is 3.62. The van der Waals surface area contributed by atoms with Crippen molar-refractivity contribution in [3.63, 3.8) is 0 Å². The van der Waals surface area contributed by atoms with Gasteiger partial charge in [0.15, 0.2) is 0 Å². The molecule has 0 saturated carbocycles. The van der Waals surface area contributed by atoms with Crippen molar-refractivity contribution in [1.82, 2.24) is 10.6 Å². The van der Waals surface area contributed by atoms with Gasteiger partial charge in [-0.3, -0.25) is 19.7 Å². The second kappa shape index (κ2) is 9.47. The molecule has 3 aromatic carbocycles. The summed E-state index contributed by atoms with van der Waals surface area (Å²) >= 11 is 0. The number of non-ortho nitro benzene ring substituents is 1. The Morgan fingerprint density at radius 3 is 1.93 bits per heavy atom. The van der Waals surface area contributed by atoms with Gasteiger partial charge in [0.1, 0.15) is 6.04 Å². The summed E-state index contributed by atoms with van der Waals surface area (Å²) in [6.07, 6.45) is 0. The smallest absolute Gasteiger partial charge is 0.270 e. The molecule has 0 radical (unpaired) electrons. The highest BCUT2D eigenvalue weighted by Gasteiger charge is 2.22. The van der Waals surface area contributed by atoms with Gasteiger partial charge in [-0.15, -0.1) is 0 Å². The third-order valence-corrected chi connectivity index (χ3v) is 4.61. The average molecular weight is 403 g/mol. The molecule has 0 aromatic heterocycles. The van der Waals surface area contributed by atoms with E-state index in [9.17, 15) is 19.7 Å². The van der Waals surface area contributed by atoms with E-state index >= 15 is 0 Å². The minimum Gasteiger partial charge on any atom is -0.343 e. The molecule has 3 rings (SSSR count). The second-order valence-corrected chi connectivity index (χ2v) is 6.77. The molecule has 0 heterocycles. The van der Waals surface area contributed by atoms with E-state index in [2.05, 4.69) is 10.6 Å². The van der Waals surface area contributed by atoms with E-state index in [0.29, 0.717) is 0 Å². The van der Waals surface area contributed by atoms with E-state index < -0.39 is 16.9 Å². The highest BCUT2D eigenvalue weighted by molar-refractivity contribution is 5.98. The molecule has 0 aliphatic rings. The lowest BCUT2D eigenvalue weighted by Gasteiger charge is -2.22. The molecule has 1 atom stereocenters. The summed E-state index contributed by atoms with van der Waals surface area (Å²) in [6.45, 7) is 1.57. The van der Waals surface area contributed by atoms with Crippen molar-refractivity contribution in [3.8, 4) is 0 Å². The normalized spacial score (nSPS) is 11.5. The molecule has 152 valence electrons. The Labute approximate surface area is 173 Å². The molecule has 2 amide bonds. The molecule has 0 aliphatic carbocycles. The van der Waals surface area contributed by atoms with E-state index in [1.165, 1.54) is 24.3 Å². The van der Waals surface area contributed by atoms with Crippen molar-refractivity contribution in [3.05, 3.63) is 112 Å². The minimum atomic E-state index is -0.841. The number of amides is 2. The van der Waals surface area contributed by atoms with Crippen LogP contribution in [0.1, 0.15) is 34.5 Å². The number of nitrogens with one attached hydrogen (secondary N) is 2. The largest absolute Gasteiger partial charge is 0.343 e. The summed E-state index contributed by atoms with van der Waals surface area (Å²) in [5.41, 5.74) is 1.75. The topological polar surface area (TPSA) is 101 Å². The zero-order valence-electron chi connectivity index (χ0n) is 16.3. The van der Waals surface area contributed by atoms with E-state index in [1.807, 2.05) is 60.7 Å². The fourth-order valence-electron chi connectivity index (χ4n) is 3.02. The van der Waals surface area contributed by atoms with Crippen LogP contribution in [0, 0.1) is 10.1 Å². The zero-order chi connectivity index (χ0) is 21.5. The summed E-state index contributed by atoms with van der Waals surface area (Å²) in [5, 5.41) is 16.5. The van der Waals surface area contributed by atoms with Gasteiger partial charge in [-0.2, -0.15) is 0 Å². The average Bonchev–Trinajstić information content (AvgIpc) is 2.78. The van der Waals surface area contributed by atoms with Crippen LogP contribution in [0.2, 0.25) is 0 Å². The molecule has 7 heteroatoms. The monoisotopic (exact) mass is 403 g/mol. The van der Waals surface area contributed by atoms with Gasteiger partial charge in [0.05, 0.1) is 11.0 Å². The maximum Gasteiger partial charge on any atom is 0.270 e. The first-order valence-corrected chi connectivity index (χ1v) is 9.41. The Balaban J connectivity index is 1.73. The number of rotatable bonds is 7. The summed E-state index contributed by atoms with van der Waals surface area (Å²) in [4.78, 5) is 35.6. The number of hydrogen-bond acceptors (Lipinski definition) is 4. The number of carbonyl (C=O) groups is 2. The van der Waals surface area contributed by atoms with Gasteiger partial charge in [-0.1, -0.05) is 66.7 Å². The van der Waals surface area contributed by atoms with Crippen LogP contribution in [0.5, 0.6) is 0 Å². The van der Waals surface area contributed by atoms with Gasteiger partial charge in [0.25, 0.3) is 11.6 Å². The van der Waals surface area contributed by atoms with Gasteiger partial charge in [-0.25, -0.2) is 0 Å². The minimum absolute atomic E-state index is 0.117. The molecule has 0 spiro atoms. The number of carbonyl (C=O) groups excluding carboxylic acids is 2. The zero-order valence-corrected chi connectivity index (χ0v) is 16.3. The number of nitro benzene ring substituents is 1. The maximum atomic E-state index is 12.8. The molecule has 0 fully saturated rings. The van der Waals surface area contributed by atoms with Crippen molar-refractivity contribution in [2.24, 2.45) is 0 Å². The van der Waals surface area contributed by atoms with E-state index in [-0.39, 0.29) is 23.2 Å². The quantitative estimate of drug-likeness (QED) is 0.465. The Morgan fingerprint density at radius 2 is 1.40 bits per heavy atom. The number of nitrogens with zero attached hydrogens (tertiary/aromatic N) is 1. The second-order valence-electron chi connectivity index (χ2n) is 6.77. The highest BCUT2D eigenvalue weighted by Crippen LogP contribution is 2.22. The van der Waals surface area contributed by atoms with Gasteiger partial charge < -0.3 is 10.6 Å². The Bertz CT molecular complexity index is 999. The van der Waals surface area contributed by atoms with Crippen LogP contribution >= 0.6 is 0 Å². The lowest BCUT2D eigenvalue weighted by molar-refractivity contribution is -0.384. The third kappa shape index (κ3) is 5.08. The van der Waals surface area contributed by atoms with Crippen LogP contribution in [-0.4, -0.2) is 22.8 Å². The fraction of sp³-hybridized carbons (Fsp3) is 0.130. The summed E-state index contributed by atoms with van der Waals surface area (Å²) < 4.78 is 0. The molecular formula is C23H21N3O4. The first-order valence-electron chi connectivity index (χ1n) is 9.41. The van der Waals surface area contributed by atoms with Gasteiger partial charge >= 0.3 is 0 Å². The van der Waals surface area contributed by atoms with Crippen LogP contribution in [-0.2, 0) is 4.79 Å². The molecule has 3 aromatic rings. The first kappa shape index (κ1) is 20.7. The fourth-order valence-corrected chi connectivity index (χ4v) is 3.02. The molecule has 0 saturated heterocycles. The lowest BCUT2D eigenvalue weighted by atomic mass is 9.98. The molecule has 0 aliphatic heterocycles. The van der Waals surface area contributed by atoms with Crippen molar-refractivity contribution >= 4 is 17.5 Å². The Kier molecular flexibility index (Phi) is 6.54. The Hall–Kier alpha value is -4.00. The third-order valence-electron chi connectivity index (χ3n) is 4.61.